The van der Waals surface area contributed by atoms with Crippen molar-refractivity contribution in [3.05, 3.63) is 34.0 Å². The Morgan fingerprint density at radius 3 is 2.77 bits per heavy atom. The number of carbonyl (C=O) groups excluding carboxylic acids is 2. The number of hydrogen-bond acceptors (Lipinski definition) is 6. The Labute approximate surface area is 181 Å². The standard InChI is InChI=1S/C23H28ClNO5/c1-4-5-6-10-30-23(28)19-13(2)25-16-8-7-9-17(26)21(16)20(19)14-11-15(24)22(27)18(12-14)29-3/h11-12,19-20,27H,4-10H2,1-3H3/t19?,20-/m1/s1. The average Bonchev–Trinajstić information content (AvgIpc) is 2.72. The molecule has 1 aliphatic heterocycles. The van der Waals surface area contributed by atoms with E-state index >= 15 is 0 Å². The number of halogens is 1. The maximum absolute atomic E-state index is 13.1. The second kappa shape index (κ2) is 9.65. The number of phenolic OH excluding ortho intramolecular Hbond substituents is 1. The highest BCUT2D eigenvalue weighted by Crippen LogP contribution is 2.46. The first kappa shape index (κ1) is 22.3. The van der Waals surface area contributed by atoms with E-state index in [1.807, 2.05) is 0 Å². The van der Waals surface area contributed by atoms with Gasteiger partial charge in [0.25, 0.3) is 0 Å². The van der Waals surface area contributed by atoms with Gasteiger partial charge in [-0.15, -0.1) is 0 Å². The lowest BCUT2D eigenvalue weighted by Gasteiger charge is -2.34. The van der Waals surface area contributed by atoms with E-state index in [9.17, 15) is 14.7 Å². The second-order valence-corrected chi connectivity index (χ2v) is 8.18. The van der Waals surface area contributed by atoms with Gasteiger partial charge in [-0.1, -0.05) is 31.4 Å². The molecule has 2 aliphatic rings. The smallest absolute Gasteiger partial charge is 0.315 e. The zero-order valence-electron chi connectivity index (χ0n) is 17.7. The van der Waals surface area contributed by atoms with Crippen LogP contribution in [0.2, 0.25) is 5.02 Å². The fourth-order valence-electron chi connectivity index (χ4n) is 4.22. The van der Waals surface area contributed by atoms with Crippen molar-refractivity contribution in [1.82, 2.24) is 0 Å². The first-order chi connectivity index (χ1) is 14.4. The van der Waals surface area contributed by atoms with Gasteiger partial charge in [0.05, 0.1) is 18.7 Å². The van der Waals surface area contributed by atoms with Crippen molar-refractivity contribution in [3.63, 3.8) is 0 Å². The van der Waals surface area contributed by atoms with Crippen molar-refractivity contribution in [2.45, 2.75) is 58.3 Å². The number of carbonyl (C=O) groups is 2. The molecule has 0 radical (unpaired) electrons. The molecular formula is C23H28ClNO5. The summed E-state index contributed by atoms with van der Waals surface area (Å²) >= 11 is 6.23. The van der Waals surface area contributed by atoms with E-state index in [-0.39, 0.29) is 22.3 Å². The van der Waals surface area contributed by atoms with Crippen molar-refractivity contribution in [2.24, 2.45) is 10.9 Å². The molecule has 30 heavy (non-hydrogen) atoms. The fourth-order valence-corrected chi connectivity index (χ4v) is 4.43. The minimum Gasteiger partial charge on any atom is -0.503 e. The Bertz CT molecular complexity index is 905. The van der Waals surface area contributed by atoms with Gasteiger partial charge in [0.2, 0.25) is 0 Å². The first-order valence-corrected chi connectivity index (χ1v) is 10.8. The molecule has 1 aromatic rings. The van der Waals surface area contributed by atoms with E-state index < -0.39 is 17.8 Å². The number of Topliss-reactive ketones (excluding diaryl/α,β-unsaturated/α-hetero) is 1. The second-order valence-electron chi connectivity index (χ2n) is 7.77. The van der Waals surface area contributed by atoms with E-state index in [2.05, 4.69) is 11.9 Å². The summed E-state index contributed by atoms with van der Waals surface area (Å²) in [7, 11) is 1.43. The Morgan fingerprint density at radius 2 is 2.07 bits per heavy atom. The highest BCUT2D eigenvalue weighted by molar-refractivity contribution is 6.32. The summed E-state index contributed by atoms with van der Waals surface area (Å²) in [5.74, 6) is -1.69. The number of ketones is 1. The van der Waals surface area contributed by atoms with Crippen molar-refractivity contribution < 1.29 is 24.2 Å². The van der Waals surface area contributed by atoms with E-state index in [1.165, 1.54) is 7.11 Å². The molecule has 1 heterocycles. The number of phenols is 1. The van der Waals surface area contributed by atoms with Crippen LogP contribution < -0.4 is 4.74 Å². The maximum Gasteiger partial charge on any atom is 0.315 e. The number of allylic oxidation sites excluding steroid dienone is 2. The maximum atomic E-state index is 13.1. The predicted octanol–water partition coefficient (Wildman–Crippen LogP) is 4.97. The molecule has 1 unspecified atom stereocenters. The lowest BCUT2D eigenvalue weighted by molar-refractivity contribution is -0.146. The number of esters is 1. The minimum atomic E-state index is -0.724. The van der Waals surface area contributed by atoms with Gasteiger partial charge < -0.3 is 14.6 Å². The predicted molar refractivity (Wildman–Crippen MR) is 115 cm³/mol. The quantitative estimate of drug-likeness (QED) is 0.484. The topological polar surface area (TPSA) is 85.2 Å². The Balaban J connectivity index is 2.06. The summed E-state index contributed by atoms with van der Waals surface area (Å²) in [4.78, 5) is 30.6. The Morgan fingerprint density at radius 1 is 1.30 bits per heavy atom. The largest absolute Gasteiger partial charge is 0.503 e. The molecule has 0 fully saturated rings. The number of aromatic hydroxyl groups is 1. The van der Waals surface area contributed by atoms with E-state index in [1.54, 1.807) is 19.1 Å². The van der Waals surface area contributed by atoms with Gasteiger partial charge in [-0.05, 0) is 43.9 Å². The molecule has 1 N–H and O–H groups in total. The number of nitrogens with zero attached hydrogens (tertiary/aromatic N) is 1. The van der Waals surface area contributed by atoms with Crippen LogP contribution in [0.5, 0.6) is 11.5 Å². The highest BCUT2D eigenvalue weighted by Gasteiger charge is 2.43. The molecule has 1 aromatic carbocycles. The molecule has 6 nitrogen and oxygen atoms in total. The molecule has 0 bridgehead atoms. The molecule has 2 atom stereocenters. The molecule has 0 aromatic heterocycles. The van der Waals surface area contributed by atoms with Gasteiger partial charge in [-0.3, -0.25) is 14.6 Å². The summed E-state index contributed by atoms with van der Waals surface area (Å²) < 4.78 is 10.8. The average molecular weight is 434 g/mol. The molecule has 0 spiro atoms. The molecule has 162 valence electrons. The summed E-state index contributed by atoms with van der Waals surface area (Å²) in [5, 5.41) is 10.2. The van der Waals surface area contributed by atoms with Crippen LogP contribution in [0.15, 0.2) is 28.4 Å². The minimum absolute atomic E-state index is 0.00977. The van der Waals surface area contributed by atoms with Crippen LogP contribution in [0.1, 0.15) is 63.9 Å². The monoisotopic (exact) mass is 433 g/mol. The number of benzene rings is 1. The third kappa shape index (κ3) is 4.38. The van der Waals surface area contributed by atoms with E-state index in [0.29, 0.717) is 36.3 Å². The Hall–Kier alpha value is -2.34. The molecule has 7 heteroatoms. The van der Waals surface area contributed by atoms with Crippen molar-refractivity contribution in [2.75, 3.05) is 13.7 Å². The summed E-state index contributed by atoms with van der Waals surface area (Å²) in [6, 6.07) is 3.22. The van der Waals surface area contributed by atoms with Gasteiger partial charge in [0.1, 0.15) is 5.92 Å². The van der Waals surface area contributed by atoms with Crippen LogP contribution in [-0.4, -0.2) is 36.3 Å². The number of hydrogen-bond donors (Lipinski definition) is 1. The Kier molecular flexibility index (Phi) is 7.19. The van der Waals surface area contributed by atoms with Crippen LogP contribution >= 0.6 is 11.6 Å². The lowest BCUT2D eigenvalue weighted by atomic mass is 9.71. The van der Waals surface area contributed by atoms with Crippen LogP contribution in [0, 0.1) is 5.92 Å². The molecule has 3 rings (SSSR count). The van der Waals surface area contributed by atoms with E-state index in [4.69, 9.17) is 21.1 Å². The molecule has 1 aliphatic carbocycles. The molecular weight excluding hydrogens is 406 g/mol. The number of aliphatic imine (C=N–C) groups is 1. The number of unbranched alkanes of at least 4 members (excludes halogenated alkanes) is 2. The number of methoxy groups -OCH3 is 1. The third-order valence-electron chi connectivity index (χ3n) is 5.71. The molecule has 0 saturated carbocycles. The summed E-state index contributed by atoms with van der Waals surface area (Å²) in [6.07, 6.45) is 4.66. The fraction of sp³-hybridized carbons (Fsp3) is 0.522. The number of ether oxygens (including phenoxy) is 2. The van der Waals surface area contributed by atoms with Gasteiger partial charge in [-0.25, -0.2) is 0 Å². The van der Waals surface area contributed by atoms with Crippen LogP contribution in [0.4, 0.5) is 0 Å². The third-order valence-corrected chi connectivity index (χ3v) is 6.00. The SMILES string of the molecule is CCCCCOC(=O)C1C(C)=NC2=C(C(=O)CCC2)[C@@H]1c1cc(Cl)c(O)c(OC)c1. The van der Waals surface area contributed by atoms with Crippen LogP contribution in [0.25, 0.3) is 0 Å². The van der Waals surface area contributed by atoms with Crippen LogP contribution in [0.3, 0.4) is 0 Å². The zero-order chi connectivity index (χ0) is 21.8. The van der Waals surface area contributed by atoms with Crippen molar-refractivity contribution in [1.29, 1.82) is 0 Å². The lowest BCUT2D eigenvalue weighted by Crippen LogP contribution is -2.37. The van der Waals surface area contributed by atoms with Gasteiger partial charge >= 0.3 is 5.97 Å². The summed E-state index contributed by atoms with van der Waals surface area (Å²) in [5.41, 5.74) is 2.53. The summed E-state index contributed by atoms with van der Waals surface area (Å²) in [6.45, 7) is 4.22. The normalized spacial score (nSPS) is 21.2. The van der Waals surface area contributed by atoms with Gasteiger partial charge in [0, 0.05) is 29.3 Å². The number of rotatable bonds is 7. The van der Waals surface area contributed by atoms with Crippen LogP contribution in [-0.2, 0) is 14.3 Å². The van der Waals surface area contributed by atoms with E-state index in [0.717, 1.165) is 31.4 Å². The highest BCUT2D eigenvalue weighted by atomic mass is 35.5. The zero-order valence-corrected chi connectivity index (χ0v) is 18.4. The molecule has 0 amide bonds. The molecule has 0 saturated heterocycles. The van der Waals surface area contributed by atoms with Crippen molar-refractivity contribution >= 4 is 29.1 Å². The first-order valence-electron chi connectivity index (χ1n) is 10.4. The van der Waals surface area contributed by atoms with Gasteiger partial charge in [-0.2, -0.15) is 0 Å². The van der Waals surface area contributed by atoms with Gasteiger partial charge in [0.15, 0.2) is 17.3 Å². The van der Waals surface area contributed by atoms with Crippen molar-refractivity contribution in [3.8, 4) is 11.5 Å².